The summed E-state index contributed by atoms with van der Waals surface area (Å²) in [4.78, 5) is 25.5. The molecule has 0 fully saturated rings. The maximum absolute atomic E-state index is 12.1. The van der Waals surface area contributed by atoms with Gasteiger partial charge in [0.2, 0.25) is 5.91 Å². The van der Waals surface area contributed by atoms with Gasteiger partial charge in [0, 0.05) is 6.54 Å². The van der Waals surface area contributed by atoms with Gasteiger partial charge in [-0.1, -0.05) is 35.9 Å². The monoisotopic (exact) mass is 346 g/mol. The number of likely N-dealkylation sites (N-methyl/N-ethyl adjacent to an activating group) is 1. The fraction of sp³-hybridized carbons (Fsp3) is 0.222. The SMILES string of the molecule is COC(=O)c1cccc(CN(C)CC(=O)Nc2ccccc2Cl)c1. The van der Waals surface area contributed by atoms with E-state index >= 15 is 0 Å². The molecule has 5 nitrogen and oxygen atoms in total. The number of hydrogen-bond acceptors (Lipinski definition) is 4. The van der Waals surface area contributed by atoms with E-state index in [9.17, 15) is 9.59 Å². The van der Waals surface area contributed by atoms with Gasteiger partial charge in [-0.25, -0.2) is 4.79 Å². The third-order valence-corrected chi connectivity index (χ3v) is 3.69. The molecule has 1 N–H and O–H groups in total. The first-order valence-electron chi connectivity index (χ1n) is 7.40. The van der Waals surface area contributed by atoms with E-state index in [1.54, 1.807) is 36.4 Å². The molecule has 0 radical (unpaired) electrons. The molecule has 2 rings (SSSR count). The Bertz CT molecular complexity index is 734. The molecule has 1 amide bonds. The van der Waals surface area contributed by atoms with Crippen LogP contribution in [0.5, 0.6) is 0 Å². The molecular weight excluding hydrogens is 328 g/mol. The first-order valence-corrected chi connectivity index (χ1v) is 7.77. The molecule has 0 saturated carbocycles. The van der Waals surface area contributed by atoms with Crippen LogP contribution in [0.4, 0.5) is 5.69 Å². The summed E-state index contributed by atoms with van der Waals surface area (Å²) in [5.41, 5.74) is 2.00. The summed E-state index contributed by atoms with van der Waals surface area (Å²) >= 11 is 6.02. The number of carbonyl (C=O) groups excluding carboxylic acids is 2. The average molecular weight is 347 g/mol. The first kappa shape index (κ1) is 18.0. The number of amides is 1. The number of rotatable bonds is 6. The zero-order chi connectivity index (χ0) is 17.5. The number of anilines is 1. The molecule has 126 valence electrons. The zero-order valence-corrected chi connectivity index (χ0v) is 14.3. The third-order valence-electron chi connectivity index (χ3n) is 3.36. The number of nitrogens with one attached hydrogen (secondary N) is 1. The van der Waals surface area contributed by atoms with Crippen molar-refractivity contribution in [3.63, 3.8) is 0 Å². The summed E-state index contributed by atoms with van der Waals surface area (Å²) in [5.74, 6) is -0.536. The zero-order valence-electron chi connectivity index (χ0n) is 13.6. The summed E-state index contributed by atoms with van der Waals surface area (Å²) in [6.07, 6.45) is 0. The van der Waals surface area contributed by atoms with Crippen LogP contribution in [-0.2, 0) is 16.1 Å². The molecular formula is C18H19ClN2O3. The number of nitrogens with zero attached hydrogens (tertiary/aromatic N) is 1. The molecule has 2 aromatic rings. The van der Waals surface area contributed by atoms with Crippen molar-refractivity contribution in [2.24, 2.45) is 0 Å². The summed E-state index contributed by atoms with van der Waals surface area (Å²) < 4.78 is 4.71. The lowest BCUT2D eigenvalue weighted by Gasteiger charge is -2.17. The van der Waals surface area contributed by atoms with E-state index in [-0.39, 0.29) is 18.4 Å². The standard InChI is InChI=1S/C18H19ClN2O3/c1-21(11-13-6-5-7-14(10-13)18(23)24-2)12-17(22)20-16-9-4-3-8-15(16)19/h3-10H,11-12H2,1-2H3,(H,20,22). The van der Waals surface area contributed by atoms with Gasteiger partial charge >= 0.3 is 5.97 Å². The van der Waals surface area contributed by atoms with Gasteiger partial charge in [-0.05, 0) is 36.9 Å². The molecule has 0 aromatic heterocycles. The molecule has 24 heavy (non-hydrogen) atoms. The van der Waals surface area contributed by atoms with Crippen LogP contribution in [-0.4, -0.2) is 37.5 Å². The lowest BCUT2D eigenvalue weighted by molar-refractivity contribution is -0.117. The average Bonchev–Trinajstić information content (AvgIpc) is 2.56. The molecule has 0 bridgehead atoms. The minimum Gasteiger partial charge on any atom is -0.465 e. The fourth-order valence-corrected chi connectivity index (χ4v) is 2.46. The van der Waals surface area contributed by atoms with Gasteiger partial charge in [0.05, 0.1) is 29.9 Å². The van der Waals surface area contributed by atoms with Crippen LogP contribution in [0.2, 0.25) is 5.02 Å². The molecule has 0 aliphatic carbocycles. The third kappa shape index (κ3) is 5.08. The molecule has 6 heteroatoms. The second-order valence-electron chi connectivity index (χ2n) is 5.39. The number of hydrogen-bond donors (Lipinski definition) is 1. The topological polar surface area (TPSA) is 58.6 Å². The molecule has 0 spiro atoms. The number of ether oxygens (including phenoxy) is 1. The quantitative estimate of drug-likeness (QED) is 0.816. The lowest BCUT2D eigenvalue weighted by Crippen LogP contribution is -2.30. The van der Waals surface area contributed by atoms with Crippen molar-refractivity contribution in [2.75, 3.05) is 26.0 Å². The maximum atomic E-state index is 12.1. The van der Waals surface area contributed by atoms with E-state index < -0.39 is 0 Å². The highest BCUT2D eigenvalue weighted by Gasteiger charge is 2.11. The molecule has 0 aliphatic heterocycles. The molecule has 0 atom stereocenters. The summed E-state index contributed by atoms with van der Waals surface area (Å²) in [6.45, 7) is 0.731. The molecule has 0 heterocycles. The van der Waals surface area contributed by atoms with Crippen LogP contribution in [0.3, 0.4) is 0 Å². The van der Waals surface area contributed by atoms with Crippen LogP contribution >= 0.6 is 11.6 Å². The highest BCUT2D eigenvalue weighted by Crippen LogP contribution is 2.20. The summed E-state index contributed by atoms with van der Waals surface area (Å²) in [7, 11) is 3.18. The Kier molecular flexibility index (Phi) is 6.35. The highest BCUT2D eigenvalue weighted by molar-refractivity contribution is 6.33. The van der Waals surface area contributed by atoms with Crippen molar-refractivity contribution >= 4 is 29.2 Å². The predicted molar refractivity (Wildman–Crippen MR) is 94.2 cm³/mol. The van der Waals surface area contributed by atoms with Gasteiger partial charge in [0.15, 0.2) is 0 Å². The molecule has 0 saturated heterocycles. The Morgan fingerprint density at radius 1 is 1.17 bits per heavy atom. The molecule has 0 unspecified atom stereocenters. The van der Waals surface area contributed by atoms with Crippen LogP contribution in [0, 0.1) is 0 Å². The second-order valence-corrected chi connectivity index (χ2v) is 5.80. The van der Waals surface area contributed by atoms with E-state index in [2.05, 4.69) is 5.32 Å². The van der Waals surface area contributed by atoms with Crippen LogP contribution in [0.1, 0.15) is 15.9 Å². The van der Waals surface area contributed by atoms with E-state index in [1.807, 2.05) is 24.1 Å². The van der Waals surface area contributed by atoms with Gasteiger partial charge in [-0.3, -0.25) is 9.69 Å². The predicted octanol–water partition coefficient (Wildman–Crippen LogP) is 3.20. The largest absolute Gasteiger partial charge is 0.465 e. The van der Waals surface area contributed by atoms with E-state index in [0.717, 1.165) is 5.56 Å². The van der Waals surface area contributed by atoms with Gasteiger partial charge < -0.3 is 10.1 Å². The minimum absolute atomic E-state index is 0.158. The number of methoxy groups -OCH3 is 1. The van der Waals surface area contributed by atoms with Crippen molar-refractivity contribution in [1.29, 1.82) is 0 Å². The van der Waals surface area contributed by atoms with Crippen LogP contribution in [0.15, 0.2) is 48.5 Å². The summed E-state index contributed by atoms with van der Waals surface area (Å²) in [6, 6.07) is 14.2. The highest BCUT2D eigenvalue weighted by atomic mass is 35.5. The number of halogens is 1. The van der Waals surface area contributed by atoms with Crippen LogP contribution in [0.25, 0.3) is 0 Å². The Morgan fingerprint density at radius 3 is 2.62 bits per heavy atom. The smallest absolute Gasteiger partial charge is 0.337 e. The van der Waals surface area contributed by atoms with Crippen molar-refractivity contribution < 1.29 is 14.3 Å². The Morgan fingerprint density at radius 2 is 1.92 bits per heavy atom. The number of esters is 1. The number of carbonyl (C=O) groups is 2. The Labute approximate surface area is 146 Å². The van der Waals surface area contributed by atoms with Gasteiger partial charge in [-0.15, -0.1) is 0 Å². The minimum atomic E-state index is -0.379. The van der Waals surface area contributed by atoms with Gasteiger partial charge in [-0.2, -0.15) is 0 Å². The first-order chi connectivity index (χ1) is 11.5. The van der Waals surface area contributed by atoms with E-state index in [1.165, 1.54) is 7.11 Å². The Hall–Kier alpha value is -2.37. The lowest BCUT2D eigenvalue weighted by atomic mass is 10.1. The normalized spacial score (nSPS) is 10.5. The maximum Gasteiger partial charge on any atom is 0.337 e. The van der Waals surface area contributed by atoms with Crippen molar-refractivity contribution in [2.45, 2.75) is 6.54 Å². The molecule has 0 aliphatic rings. The van der Waals surface area contributed by atoms with E-state index in [4.69, 9.17) is 16.3 Å². The second kappa shape index (κ2) is 8.47. The van der Waals surface area contributed by atoms with Crippen molar-refractivity contribution in [3.05, 3.63) is 64.7 Å². The fourth-order valence-electron chi connectivity index (χ4n) is 2.28. The number of benzene rings is 2. The molecule has 2 aromatic carbocycles. The van der Waals surface area contributed by atoms with E-state index in [0.29, 0.717) is 22.8 Å². The summed E-state index contributed by atoms with van der Waals surface area (Å²) in [5, 5.41) is 3.28. The Balaban J connectivity index is 1.93. The van der Waals surface area contributed by atoms with Gasteiger partial charge in [0.1, 0.15) is 0 Å². The van der Waals surface area contributed by atoms with Crippen LogP contribution < -0.4 is 5.32 Å². The number of para-hydroxylation sites is 1. The van der Waals surface area contributed by atoms with Crippen molar-refractivity contribution in [3.8, 4) is 0 Å². The van der Waals surface area contributed by atoms with Gasteiger partial charge in [0.25, 0.3) is 0 Å². The van der Waals surface area contributed by atoms with Crippen molar-refractivity contribution in [1.82, 2.24) is 4.90 Å².